The molecule has 0 bridgehead atoms. The number of aromatic nitrogens is 1. The molecule has 2 rings (SSSR count). The number of nitrogens with zero attached hydrogens (tertiary/aromatic N) is 2. The molecule has 0 N–H and O–H groups in total. The molecule has 0 atom stereocenters. The predicted octanol–water partition coefficient (Wildman–Crippen LogP) is 3.26. The van der Waals surface area contributed by atoms with E-state index in [0.29, 0.717) is 6.54 Å². The van der Waals surface area contributed by atoms with E-state index in [1.54, 1.807) is 11.3 Å². The van der Waals surface area contributed by atoms with Gasteiger partial charge < -0.3 is 0 Å². The maximum atomic E-state index is 10.0. The molecule has 17 heavy (non-hydrogen) atoms. The van der Waals surface area contributed by atoms with E-state index in [1.165, 1.54) is 17.2 Å². The molecule has 0 spiro atoms. The number of rotatable bonds is 3. The van der Waals surface area contributed by atoms with Gasteiger partial charge in [-0.2, -0.15) is 4.99 Å². The third-order valence-corrected chi connectivity index (χ3v) is 3.55. The Morgan fingerprint density at radius 2 is 2.18 bits per heavy atom. The number of thiazole rings is 1. The van der Waals surface area contributed by atoms with Gasteiger partial charge in [0.2, 0.25) is 6.08 Å². The van der Waals surface area contributed by atoms with Gasteiger partial charge in [0.05, 0.1) is 12.2 Å². The summed E-state index contributed by atoms with van der Waals surface area (Å²) in [4.78, 5) is 18.0. The summed E-state index contributed by atoms with van der Waals surface area (Å²) < 4.78 is 0. The number of benzene rings is 1. The van der Waals surface area contributed by atoms with Crippen LogP contribution >= 0.6 is 11.3 Å². The van der Waals surface area contributed by atoms with Gasteiger partial charge in [0.15, 0.2) is 0 Å². The minimum absolute atomic E-state index is 0.310. The van der Waals surface area contributed by atoms with Gasteiger partial charge >= 0.3 is 0 Å². The van der Waals surface area contributed by atoms with Crippen molar-refractivity contribution in [1.29, 1.82) is 0 Å². The first-order valence-electron chi connectivity index (χ1n) is 5.26. The minimum Gasteiger partial charge on any atom is -0.239 e. The lowest BCUT2D eigenvalue weighted by molar-refractivity contribution is 0.562. The van der Waals surface area contributed by atoms with Crippen LogP contribution in [0, 0.1) is 13.8 Å². The third-order valence-electron chi connectivity index (χ3n) is 2.61. The molecule has 86 valence electrons. The van der Waals surface area contributed by atoms with E-state index < -0.39 is 0 Å². The second-order valence-electron chi connectivity index (χ2n) is 3.85. The lowest BCUT2D eigenvalue weighted by atomic mass is 10.1. The summed E-state index contributed by atoms with van der Waals surface area (Å²) >= 11 is 1.57. The Labute approximate surface area is 104 Å². The van der Waals surface area contributed by atoms with E-state index in [4.69, 9.17) is 0 Å². The molecule has 0 amide bonds. The topological polar surface area (TPSA) is 42.3 Å². The fourth-order valence-corrected chi connectivity index (χ4v) is 2.31. The maximum Gasteiger partial charge on any atom is 0.235 e. The highest BCUT2D eigenvalue weighted by Crippen LogP contribution is 2.25. The summed E-state index contributed by atoms with van der Waals surface area (Å²) in [6.45, 7) is 4.49. The normalized spacial score (nSPS) is 10.0. The Bertz CT molecular complexity index is 583. The largest absolute Gasteiger partial charge is 0.239 e. The zero-order chi connectivity index (χ0) is 12.3. The first kappa shape index (κ1) is 11.7. The van der Waals surface area contributed by atoms with Crippen molar-refractivity contribution in [2.45, 2.75) is 20.4 Å². The van der Waals surface area contributed by atoms with Gasteiger partial charge in [-0.15, -0.1) is 11.3 Å². The van der Waals surface area contributed by atoms with Crippen molar-refractivity contribution in [2.24, 2.45) is 4.99 Å². The fourth-order valence-electron chi connectivity index (χ4n) is 1.50. The van der Waals surface area contributed by atoms with Crippen LogP contribution in [-0.2, 0) is 11.3 Å². The zero-order valence-corrected chi connectivity index (χ0v) is 10.5. The number of isocyanates is 1. The summed E-state index contributed by atoms with van der Waals surface area (Å²) in [6.07, 6.45) is 1.52. The second kappa shape index (κ2) is 5.04. The Hall–Kier alpha value is -1.77. The molecule has 0 fully saturated rings. The van der Waals surface area contributed by atoms with Crippen molar-refractivity contribution < 1.29 is 4.79 Å². The van der Waals surface area contributed by atoms with Crippen LogP contribution in [0.5, 0.6) is 0 Å². The van der Waals surface area contributed by atoms with Crippen molar-refractivity contribution in [1.82, 2.24) is 4.98 Å². The van der Waals surface area contributed by atoms with Crippen LogP contribution in [0.1, 0.15) is 16.8 Å². The Balaban J connectivity index is 2.30. The van der Waals surface area contributed by atoms with Crippen LogP contribution in [0.15, 0.2) is 28.6 Å². The predicted molar refractivity (Wildman–Crippen MR) is 68.8 cm³/mol. The summed E-state index contributed by atoms with van der Waals surface area (Å²) in [7, 11) is 0. The smallest absolute Gasteiger partial charge is 0.235 e. The number of hydrogen-bond acceptors (Lipinski definition) is 4. The van der Waals surface area contributed by atoms with Crippen molar-refractivity contribution in [3.8, 4) is 10.6 Å². The highest BCUT2D eigenvalue weighted by molar-refractivity contribution is 7.13. The van der Waals surface area contributed by atoms with Gasteiger partial charge in [0.1, 0.15) is 5.01 Å². The van der Waals surface area contributed by atoms with Gasteiger partial charge in [-0.05, 0) is 31.0 Å². The highest BCUT2D eigenvalue weighted by Gasteiger charge is 2.05. The molecule has 0 radical (unpaired) electrons. The Morgan fingerprint density at radius 3 is 2.88 bits per heavy atom. The van der Waals surface area contributed by atoms with Crippen LogP contribution < -0.4 is 0 Å². The minimum atomic E-state index is 0.310. The molecule has 2 aromatic rings. The van der Waals surface area contributed by atoms with Crippen LogP contribution in [0.4, 0.5) is 0 Å². The molecule has 0 aliphatic heterocycles. The average Bonchev–Trinajstić information content (AvgIpc) is 2.79. The summed E-state index contributed by atoms with van der Waals surface area (Å²) in [5, 5.41) is 2.88. The van der Waals surface area contributed by atoms with Crippen LogP contribution in [0.25, 0.3) is 10.6 Å². The Kier molecular flexibility index (Phi) is 3.47. The molecule has 1 aromatic carbocycles. The van der Waals surface area contributed by atoms with Crippen LogP contribution in [0.3, 0.4) is 0 Å². The molecule has 1 aromatic heterocycles. The molecule has 0 saturated heterocycles. The summed E-state index contributed by atoms with van der Waals surface area (Å²) in [6, 6.07) is 6.28. The molecule has 1 heterocycles. The SMILES string of the molecule is Cc1ccc(-c2nc(CN=C=O)cs2)cc1C. The zero-order valence-electron chi connectivity index (χ0n) is 9.73. The van der Waals surface area contributed by atoms with Crippen molar-refractivity contribution in [3.05, 3.63) is 40.4 Å². The molecular weight excluding hydrogens is 232 g/mol. The van der Waals surface area contributed by atoms with Crippen LogP contribution in [-0.4, -0.2) is 11.1 Å². The molecule has 0 unspecified atom stereocenters. The average molecular weight is 244 g/mol. The van der Waals surface area contributed by atoms with E-state index in [0.717, 1.165) is 16.3 Å². The number of carbonyl (C=O) groups excluding carboxylic acids is 1. The van der Waals surface area contributed by atoms with E-state index in [1.807, 2.05) is 5.38 Å². The van der Waals surface area contributed by atoms with Crippen LogP contribution in [0.2, 0.25) is 0 Å². The standard InChI is InChI=1S/C13H12N2OS/c1-9-3-4-11(5-10(9)2)13-15-12(7-17-13)6-14-8-16/h3-5,7H,6H2,1-2H3. The monoisotopic (exact) mass is 244 g/mol. The number of aliphatic imine (C=N–C) groups is 1. The van der Waals surface area contributed by atoms with Gasteiger partial charge in [-0.25, -0.2) is 9.78 Å². The van der Waals surface area contributed by atoms with E-state index in [9.17, 15) is 4.79 Å². The lowest BCUT2D eigenvalue weighted by Crippen LogP contribution is -1.84. The van der Waals surface area contributed by atoms with E-state index in [2.05, 4.69) is 42.0 Å². The molecule has 4 heteroatoms. The quantitative estimate of drug-likeness (QED) is 0.614. The van der Waals surface area contributed by atoms with Gasteiger partial charge in [-0.1, -0.05) is 12.1 Å². The first-order chi connectivity index (χ1) is 8.20. The van der Waals surface area contributed by atoms with Gasteiger partial charge in [0.25, 0.3) is 0 Å². The number of aryl methyl sites for hydroxylation is 2. The van der Waals surface area contributed by atoms with Crippen molar-refractivity contribution in [3.63, 3.8) is 0 Å². The van der Waals surface area contributed by atoms with Gasteiger partial charge in [0, 0.05) is 10.9 Å². The van der Waals surface area contributed by atoms with Crippen molar-refractivity contribution >= 4 is 17.4 Å². The van der Waals surface area contributed by atoms with E-state index in [-0.39, 0.29) is 0 Å². The highest BCUT2D eigenvalue weighted by atomic mass is 32.1. The fraction of sp³-hybridized carbons (Fsp3) is 0.231. The lowest BCUT2D eigenvalue weighted by Gasteiger charge is -2.01. The summed E-state index contributed by atoms with van der Waals surface area (Å²) in [5.74, 6) is 0. The maximum absolute atomic E-state index is 10.0. The summed E-state index contributed by atoms with van der Waals surface area (Å²) in [5.41, 5.74) is 4.45. The molecular formula is C13H12N2OS. The molecule has 0 aliphatic rings. The molecule has 0 aliphatic carbocycles. The van der Waals surface area contributed by atoms with E-state index >= 15 is 0 Å². The first-order valence-corrected chi connectivity index (χ1v) is 6.14. The van der Waals surface area contributed by atoms with Gasteiger partial charge in [-0.3, -0.25) is 0 Å². The second-order valence-corrected chi connectivity index (χ2v) is 4.71. The third kappa shape index (κ3) is 2.67. The molecule has 0 saturated carbocycles. The Morgan fingerprint density at radius 1 is 1.35 bits per heavy atom. The van der Waals surface area contributed by atoms with Crippen molar-refractivity contribution in [2.75, 3.05) is 0 Å². The number of hydrogen-bond donors (Lipinski definition) is 0. The molecule has 3 nitrogen and oxygen atoms in total.